The number of thiocarbonyl (C=S) groups is 1. The second kappa shape index (κ2) is 8.44. The lowest BCUT2D eigenvalue weighted by Crippen LogP contribution is -2.54. The Morgan fingerprint density at radius 2 is 1.72 bits per heavy atom. The first-order valence-corrected chi connectivity index (χ1v) is 11.0. The highest BCUT2D eigenvalue weighted by atomic mass is 79.9. The molecule has 0 bridgehead atoms. The van der Waals surface area contributed by atoms with Gasteiger partial charge in [0.1, 0.15) is 11.4 Å². The van der Waals surface area contributed by atoms with Crippen molar-refractivity contribution in [2.45, 2.75) is 20.8 Å². The third kappa shape index (κ3) is 3.91. The summed E-state index contributed by atoms with van der Waals surface area (Å²) >= 11 is 8.71. The molecule has 0 unspecified atom stereocenters. The summed E-state index contributed by atoms with van der Waals surface area (Å²) < 4.78 is 16.2. The number of halogens is 2. The van der Waals surface area contributed by atoms with E-state index in [4.69, 9.17) is 12.2 Å². The fraction of sp³-hybridized carbons (Fsp3) is 0.125. The molecule has 3 aromatic rings. The largest absolute Gasteiger partial charge is 0.318 e. The standard InChI is InChI=1S/C24H19BrFN3O2S/c1-13-10-17(25)4-9-21(13)29-23(31)20(22(30)27-24(29)32)12-16-11-14(2)28(15(16)3)19-7-5-18(26)6-8-19/h4-12H,1-3H3,(H,27,30,32)/b20-12+. The summed E-state index contributed by atoms with van der Waals surface area (Å²) in [6.07, 6.45) is 1.57. The van der Waals surface area contributed by atoms with Crippen molar-refractivity contribution < 1.29 is 14.0 Å². The maximum atomic E-state index is 13.3. The van der Waals surface area contributed by atoms with Crippen LogP contribution in [0.1, 0.15) is 22.5 Å². The van der Waals surface area contributed by atoms with Gasteiger partial charge in [0.05, 0.1) is 5.69 Å². The first-order chi connectivity index (χ1) is 15.2. The Morgan fingerprint density at radius 3 is 2.38 bits per heavy atom. The van der Waals surface area contributed by atoms with Crippen LogP contribution in [0.15, 0.2) is 58.6 Å². The number of amides is 2. The van der Waals surface area contributed by atoms with Crippen LogP contribution < -0.4 is 10.2 Å². The molecule has 1 N–H and O–H groups in total. The molecule has 0 saturated carbocycles. The Labute approximate surface area is 198 Å². The minimum absolute atomic E-state index is 0.0136. The predicted octanol–water partition coefficient (Wildman–Crippen LogP) is 5.14. The van der Waals surface area contributed by atoms with E-state index in [1.54, 1.807) is 24.3 Å². The number of rotatable bonds is 3. The number of aromatic nitrogens is 1. The molecule has 0 aliphatic carbocycles. The molecule has 2 heterocycles. The summed E-state index contributed by atoms with van der Waals surface area (Å²) in [5.41, 5.74) is 4.64. The SMILES string of the molecule is Cc1cc(Br)ccc1N1C(=O)/C(=C/c2cc(C)n(-c3ccc(F)cc3)c2C)C(=O)NC1=S. The molecule has 1 fully saturated rings. The number of carbonyl (C=O) groups excluding carboxylic acids is 2. The van der Waals surface area contributed by atoms with Crippen LogP contribution in [0, 0.1) is 26.6 Å². The van der Waals surface area contributed by atoms with Crippen molar-refractivity contribution in [2.75, 3.05) is 4.90 Å². The Bertz CT molecular complexity index is 1310. The molecule has 8 heteroatoms. The van der Waals surface area contributed by atoms with Crippen molar-refractivity contribution in [3.05, 3.63) is 86.9 Å². The average molecular weight is 512 g/mol. The minimum atomic E-state index is -0.544. The third-order valence-corrected chi connectivity index (χ3v) is 6.13. The van der Waals surface area contributed by atoms with Crippen LogP contribution in [-0.2, 0) is 9.59 Å². The number of anilines is 1. The highest BCUT2D eigenvalue weighted by Crippen LogP contribution is 2.29. The molecule has 0 radical (unpaired) electrons. The number of aryl methyl sites for hydroxylation is 2. The predicted molar refractivity (Wildman–Crippen MR) is 130 cm³/mol. The number of nitrogens with zero attached hydrogens (tertiary/aromatic N) is 2. The second-order valence-corrected chi connectivity index (χ2v) is 8.83. The lowest BCUT2D eigenvalue weighted by atomic mass is 10.1. The third-order valence-electron chi connectivity index (χ3n) is 5.36. The highest BCUT2D eigenvalue weighted by Gasteiger charge is 2.35. The van der Waals surface area contributed by atoms with E-state index in [0.29, 0.717) is 11.3 Å². The highest BCUT2D eigenvalue weighted by molar-refractivity contribution is 9.10. The van der Waals surface area contributed by atoms with Crippen molar-refractivity contribution >= 4 is 56.8 Å². The number of hydrogen-bond acceptors (Lipinski definition) is 3. The van der Waals surface area contributed by atoms with Crippen molar-refractivity contribution in [3.8, 4) is 5.69 Å². The van der Waals surface area contributed by atoms with Crippen molar-refractivity contribution in [1.29, 1.82) is 0 Å². The van der Waals surface area contributed by atoms with Gasteiger partial charge >= 0.3 is 0 Å². The van der Waals surface area contributed by atoms with Gasteiger partial charge in [0.2, 0.25) is 0 Å². The Morgan fingerprint density at radius 1 is 1.03 bits per heavy atom. The number of carbonyl (C=O) groups is 2. The first-order valence-electron chi connectivity index (χ1n) is 9.80. The van der Waals surface area contributed by atoms with Crippen LogP contribution in [0.2, 0.25) is 0 Å². The van der Waals surface area contributed by atoms with Crippen molar-refractivity contribution in [3.63, 3.8) is 0 Å². The van der Waals surface area contributed by atoms with Gasteiger partial charge in [0.25, 0.3) is 11.8 Å². The zero-order chi connectivity index (χ0) is 23.2. The van der Waals surface area contributed by atoms with E-state index in [9.17, 15) is 14.0 Å². The number of hydrogen-bond donors (Lipinski definition) is 1. The molecule has 1 aromatic heterocycles. The van der Waals surface area contributed by atoms with Crippen LogP contribution >= 0.6 is 28.1 Å². The fourth-order valence-corrected chi connectivity index (χ4v) is 4.57. The van der Waals surface area contributed by atoms with Gasteiger partial charge in [-0.2, -0.15) is 0 Å². The molecule has 1 aliphatic heterocycles. The first kappa shape index (κ1) is 22.1. The average Bonchev–Trinajstić information content (AvgIpc) is 3.00. The van der Waals surface area contributed by atoms with E-state index in [1.807, 2.05) is 43.5 Å². The molecule has 1 saturated heterocycles. The molecule has 32 heavy (non-hydrogen) atoms. The maximum Gasteiger partial charge on any atom is 0.270 e. The van der Waals surface area contributed by atoms with Crippen molar-refractivity contribution in [1.82, 2.24) is 9.88 Å². The molecule has 0 spiro atoms. The molecular formula is C24H19BrFN3O2S. The molecule has 0 atom stereocenters. The van der Waals surface area contributed by atoms with Crippen LogP contribution in [-0.4, -0.2) is 21.5 Å². The van der Waals surface area contributed by atoms with Gasteiger partial charge in [-0.15, -0.1) is 0 Å². The molecule has 5 nitrogen and oxygen atoms in total. The van der Waals surface area contributed by atoms with E-state index in [1.165, 1.54) is 17.0 Å². The van der Waals surface area contributed by atoms with E-state index >= 15 is 0 Å². The smallest absolute Gasteiger partial charge is 0.270 e. The summed E-state index contributed by atoms with van der Waals surface area (Å²) in [4.78, 5) is 27.4. The summed E-state index contributed by atoms with van der Waals surface area (Å²) in [5.74, 6) is -1.35. The van der Waals surface area contributed by atoms with E-state index in [2.05, 4.69) is 21.2 Å². The zero-order valence-corrected chi connectivity index (χ0v) is 20.0. The quantitative estimate of drug-likeness (QED) is 0.301. The molecule has 4 rings (SSSR count). The van der Waals surface area contributed by atoms with Gasteiger partial charge in [-0.3, -0.25) is 19.8 Å². The van der Waals surface area contributed by atoms with Crippen LogP contribution in [0.5, 0.6) is 0 Å². The fourth-order valence-electron chi connectivity index (χ4n) is 3.82. The topological polar surface area (TPSA) is 54.3 Å². The summed E-state index contributed by atoms with van der Waals surface area (Å²) in [6.45, 7) is 5.66. The zero-order valence-electron chi connectivity index (χ0n) is 17.6. The molecule has 162 valence electrons. The summed E-state index contributed by atoms with van der Waals surface area (Å²) in [7, 11) is 0. The Balaban J connectivity index is 1.77. The minimum Gasteiger partial charge on any atom is -0.318 e. The van der Waals surface area contributed by atoms with Gasteiger partial charge in [-0.25, -0.2) is 4.39 Å². The van der Waals surface area contributed by atoms with Gasteiger partial charge in [-0.05, 0) is 98.7 Å². The molecule has 2 aromatic carbocycles. The molecule has 2 amide bonds. The number of benzene rings is 2. The van der Waals surface area contributed by atoms with Crippen LogP contribution in [0.25, 0.3) is 11.8 Å². The Hall–Kier alpha value is -3.10. The maximum absolute atomic E-state index is 13.3. The van der Waals surface area contributed by atoms with Crippen LogP contribution in [0.4, 0.5) is 10.1 Å². The molecular weight excluding hydrogens is 493 g/mol. The van der Waals surface area contributed by atoms with E-state index in [-0.39, 0.29) is 16.5 Å². The van der Waals surface area contributed by atoms with Crippen LogP contribution in [0.3, 0.4) is 0 Å². The summed E-state index contributed by atoms with van der Waals surface area (Å²) in [6, 6.07) is 13.5. The molecule has 1 aliphatic rings. The van der Waals surface area contributed by atoms with E-state index in [0.717, 1.165) is 27.1 Å². The lowest BCUT2D eigenvalue weighted by Gasteiger charge is -2.30. The van der Waals surface area contributed by atoms with Gasteiger partial charge < -0.3 is 4.57 Å². The van der Waals surface area contributed by atoms with Gasteiger partial charge in [0.15, 0.2) is 5.11 Å². The monoisotopic (exact) mass is 511 g/mol. The van der Waals surface area contributed by atoms with Crippen molar-refractivity contribution in [2.24, 2.45) is 0 Å². The van der Waals surface area contributed by atoms with Gasteiger partial charge in [-0.1, -0.05) is 15.9 Å². The number of nitrogens with one attached hydrogen (secondary N) is 1. The lowest BCUT2D eigenvalue weighted by molar-refractivity contribution is -0.122. The summed E-state index contributed by atoms with van der Waals surface area (Å²) in [5, 5.41) is 2.66. The van der Waals surface area contributed by atoms with E-state index < -0.39 is 11.8 Å². The normalized spacial score (nSPS) is 15.5. The second-order valence-electron chi connectivity index (χ2n) is 7.53. The Kier molecular flexibility index (Phi) is 5.83. The van der Waals surface area contributed by atoms with Gasteiger partial charge in [0, 0.05) is 21.5 Å².